The zero-order valence-electron chi connectivity index (χ0n) is 12.6. The van der Waals surface area contributed by atoms with Crippen LogP contribution < -0.4 is 4.74 Å². The van der Waals surface area contributed by atoms with Crippen LogP contribution in [-0.4, -0.2) is 59.9 Å². The molecule has 0 spiro atoms. The largest absolute Gasteiger partial charge is 0.476 e. The number of rotatable bonds is 2. The molecule has 0 atom stereocenters. The van der Waals surface area contributed by atoms with Crippen molar-refractivity contribution < 1.29 is 19.4 Å². The molecular formula is C16H18N2O4. The lowest BCUT2D eigenvalue weighted by atomic mass is 10.1. The van der Waals surface area contributed by atoms with Gasteiger partial charge in [0.25, 0.3) is 0 Å². The number of aliphatic carboxylic acids is 1. The van der Waals surface area contributed by atoms with Gasteiger partial charge in [0.2, 0.25) is 11.5 Å². The number of carboxylic acids is 1. The fourth-order valence-electron chi connectivity index (χ4n) is 2.74. The average Bonchev–Trinajstić information content (AvgIpc) is 2.77. The zero-order valence-corrected chi connectivity index (χ0v) is 12.6. The minimum Gasteiger partial charge on any atom is -0.476 e. The number of benzene rings is 1. The van der Waals surface area contributed by atoms with Gasteiger partial charge in [0.15, 0.2) is 5.70 Å². The molecule has 2 aliphatic rings. The first-order valence-corrected chi connectivity index (χ1v) is 7.21. The number of hydrogen-bond acceptors (Lipinski definition) is 5. The Balaban J connectivity index is 1.99. The Bertz CT molecular complexity index is 673. The monoisotopic (exact) mass is 302 g/mol. The van der Waals surface area contributed by atoms with Gasteiger partial charge < -0.3 is 19.6 Å². The number of carbonyl (C=O) groups is 2. The van der Waals surface area contributed by atoms with Gasteiger partial charge in [0, 0.05) is 26.2 Å². The molecule has 0 unspecified atom stereocenters. The number of piperazine rings is 1. The van der Waals surface area contributed by atoms with E-state index in [1.165, 1.54) is 0 Å². The maximum absolute atomic E-state index is 12.5. The van der Waals surface area contributed by atoms with Gasteiger partial charge in [-0.15, -0.1) is 0 Å². The minimum absolute atomic E-state index is 0.0352. The number of allylic oxidation sites excluding steroid dienone is 1. The molecule has 0 saturated carbocycles. The molecule has 2 aliphatic heterocycles. The number of hydrogen-bond donors (Lipinski definition) is 1. The molecule has 1 aromatic carbocycles. The van der Waals surface area contributed by atoms with Gasteiger partial charge in [-0.3, -0.25) is 4.79 Å². The summed E-state index contributed by atoms with van der Waals surface area (Å²) in [5.74, 6) is -1.12. The predicted molar refractivity (Wildman–Crippen MR) is 79.9 cm³/mol. The minimum atomic E-state index is -1.13. The summed E-state index contributed by atoms with van der Waals surface area (Å²) in [6.07, 6.45) is 0. The van der Waals surface area contributed by atoms with Gasteiger partial charge >= 0.3 is 5.97 Å². The van der Waals surface area contributed by atoms with E-state index in [-0.39, 0.29) is 17.2 Å². The van der Waals surface area contributed by atoms with Crippen LogP contribution >= 0.6 is 0 Å². The number of ketones is 1. The average molecular weight is 302 g/mol. The molecule has 0 aromatic heterocycles. The molecule has 22 heavy (non-hydrogen) atoms. The molecule has 1 aromatic rings. The van der Waals surface area contributed by atoms with E-state index in [9.17, 15) is 14.7 Å². The van der Waals surface area contributed by atoms with Crippen LogP contribution in [0.4, 0.5) is 0 Å². The van der Waals surface area contributed by atoms with Crippen molar-refractivity contribution >= 4 is 11.8 Å². The van der Waals surface area contributed by atoms with Crippen molar-refractivity contribution in [2.24, 2.45) is 0 Å². The molecule has 1 saturated heterocycles. The number of ether oxygens (including phenoxy) is 1. The Morgan fingerprint density at radius 1 is 1.23 bits per heavy atom. The molecular weight excluding hydrogens is 284 g/mol. The number of fused-ring (bicyclic) bond motifs is 1. The molecule has 116 valence electrons. The number of nitrogens with zero attached hydrogens (tertiary/aromatic N) is 2. The normalized spacial score (nSPS) is 20.6. The van der Waals surface area contributed by atoms with Crippen LogP contribution in [0.3, 0.4) is 0 Å². The highest BCUT2D eigenvalue weighted by molar-refractivity contribution is 6.15. The lowest BCUT2D eigenvalue weighted by molar-refractivity contribution is -0.135. The van der Waals surface area contributed by atoms with E-state index in [1.54, 1.807) is 17.0 Å². The van der Waals surface area contributed by atoms with Crippen LogP contribution in [0, 0.1) is 6.92 Å². The van der Waals surface area contributed by atoms with Crippen LogP contribution in [-0.2, 0) is 4.79 Å². The van der Waals surface area contributed by atoms with E-state index in [0.717, 1.165) is 18.7 Å². The number of carboxylic acid groups (broad SMARTS) is 1. The number of carbonyl (C=O) groups excluding carboxylic acids is 1. The maximum atomic E-state index is 12.5. The molecule has 0 radical (unpaired) electrons. The standard InChI is InChI=1S/C16H18N2O4/c1-10-3-4-11-12(9-10)22-15(14(11)19)13(16(20)21)18-7-5-17(2)6-8-18/h3-4,9H,5-8H2,1-2H3,(H,20,21). The fraction of sp³-hybridized carbons (Fsp3) is 0.375. The van der Waals surface area contributed by atoms with E-state index in [4.69, 9.17) is 4.74 Å². The first-order chi connectivity index (χ1) is 10.5. The third-order valence-corrected chi connectivity index (χ3v) is 4.04. The summed E-state index contributed by atoms with van der Waals surface area (Å²) < 4.78 is 5.60. The zero-order chi connectivity index (χ0) is 15.9. The molecule has 2 heterocycles. The Labute approximate surface area is 128 Å². The first-order valence-electron chi connectivity index (χ1n) is 7.21. The second-order valence-corrected chi connectivity index (χ2v) is 5.70. The van der Waals surface area contributed by atoms with Gasteiger partial charge in [-0.1, -0.05) is 6.07 Å². The smallest absolute Gasteiger partial charge is 0.356 e. The van der Waals surface area contributed by atoms with Crippen LogP contribution in [0.25, 0.3) is 0 Å². The van der Waals surface area contributed by atoms with Crippen LogP contribution in [0.5, 0.6) is 5.75 Å². The fourth-order valence-corrected chi connectivity index (χ4v) is 2.74. The van der Waals surface area contributed by atoms with Crippen molar-refractivity contribution in [2.45, 2.75) is 6.92 Å². The first kappa shape index (κ1) is 14.6. The van der Waals surface area contributed by atoms with Gasteiger partial charge in [-0.2, -0.15) is 0 Å². The van der Waals surface area contributed by atoms with Crippen LogP contribution in [0.1, 0.15) is 15.9 Å². The summed E-state index contributed by atoms with van der Waals surface area (Å²) in [6.45, 7) is 4.53. The number of likely N-dealkylation sites (N-methyl/N-ethyl adjacent to an activating group) is 1. The van der Waals surface area contributed by atoms with Crippen molar-refractivity contribution in [1.82, 2.24) is 9.80 Å². The third kappa shape index (κ3) is 2.46. The van der Waals surface area contributed by atoms with E-state index >= 15 is 0 Å². The highest BCUT2D eigenvalue weighted by Gasteiger charge is 2.35. The second kappa shape index (κ2) is 5.46. The van der Waals surface area contributed by atoms with E-state index in [0.29, 0.717) is 24.4 Å². The Morgan fingerprint density at radius 2 is 1.91 bits per heavy atom. The molecule has 6 heteroatoms. The summed E-state index contributed by atoms with van der Waals surface area (Å²) in [5.41, 5.74) is 1.35. The molecule has 0 aliphatic carbocycles. The molecule has 1 fully saturated rings. The molecule has 0 bridgehead atoms. The summed E-state index contributed by atoms with van der Waals surface area (Å²) in [5, 5.41) is 9.56. The highest BCUT2D eigenvalue weighted by Crippen LogP contribution is 2.34. The van der Waals surface area contributed by atoms with Crippen LogP contribution in [0.15, 0.2) is 29.7 Å². The van der Waals surface area contributed by atoms with Crippen molar-refractivity contribution in [3.05, 3.63) is 40.8 Å². The molecule has 3 rings (SSSR count). The Morgan fingerprint density at radius 3 is 2.55 bits per heavy atom. The van der Waals surface area contributed by atoms with Gasteiger partial charge in [-0.25, -0.2) is 4.79 Å². The summed E-state index contributed by atoms with van der Waals surface area (Å²) >= 11 is 0. The third-order valence-electron chi connectivity index (χ3n) is 4.04. The SMILES string of the molecule is Cc1ccc2c(c1)OC(=C(C(=O)O)N1CCN(C)CC1)C2=O. The van der Waals surface area contributed by atoms with E-state index in [2.05, 4.69) is 4.90 Å². The van der Waals surface area contributed by atoms with Crippen LogP contribution in [0.2, 0.25) is 0 Å². The topological polar surface area (TPSA) is 70.1 Å². The van der Waals surface area contributed by atoms with E-state index in [1.807, 2.05) is 20.0 Å². The van der Waals surface area contributed by atoms with Crippen molar-refractivity contribution in [2.75, 3.05) is 33.2 Å². The van der Waals surface area contributed by atoms with Gasteiger partial charge in [0.05, 0.1) is 5.56 Å². The van der Waals surface area contributed by atoms with Crippen molar-refractivity contribution in [3.63, 3.8) is 0 Å². The van der Waals surface area contributed by atoms with Gasteiger partial charge in [0.1, 0.15) is 5.75 Å². The lowest BCUT2D eigenvalue weighted by Gasteiger charge is -2.34. The highest BCUT2D eigenvalue weighted by atomic mass is 16.5. The molecule has 1 N–H and O–H groups in total. The summed E-state index contributed by atoms with van der Waals surface area (Å²) in [7, 11) is 1.99. The summed E-state index contributed by atoms with van der Waals surface area (Å²) in [4.78, 5) is 28.0. The predicted octanol–water partition coefficient (Wildman–Crippen LogP) is 1.11. The Kier molecular flexibility index (Phi) is 3.62. The maximum Gasteiger partial charge on any atom is 0.356 e. The lowest BCUT2D eigenvalue weighted by Crippen LogP contribution is -2.46. The quantitative estimate of drug-likeness (QED) is 0.825. The van der Waals surface area contributed by atoms with E-state index < -0.39 is 5.97 Å². The van der Waals surface area contributed by atoms with Crippen molar-refractivity contribution in [1.29, 1.82) is 0 Å². The van der Waals surface area contributed by atoms with Crippen molar-refractivity contribution in [3.8, 4) is 5.75 Å². The Hall–Kier alpha value is -2.34. The number of Topliss-reactive ketones (excluding diaryl/α,β-unsaturated/α-hetero) is 1. The number of aryl methyl sites for hydroxylation is 1. The molecule has 0 amide bonds. The molecule has 6 nitrogen and oxygen atoms in total. The summed E-state index contributed by atoms with van der Waals surface area (Å²) in [6, 6.07) is 5.26. The second-order valence-electron chi connectivity index (χ2n) is 5.70. The van der Waals surface area contributed by atoms with Gasteiger partial charge in [-0.05, 0) is 31.7 Å².